The predicted octanol–water partition coefficient (Wildman–Crippen LogP) is 4.64. The van der Waals surface area contributed by atoms with Crippen LogP contribution in [0.3, 0.4) is 0 Å². The zero-order valence-corrected chi connectivity index (χ0v) is 12.4. The van der Waals surface area contributed by atoms with Crippen LogP contribution in [0.25, 0.3) is 10.9 Å². The van der Waals surface area contributed by atoms with Crippen LogP contribution in [0.4, 0.5) is 10.5 Å². The van der Waals surface area contributed by atoms with Crippen molar-refractivity contribution < 1.29 is 9.53 Å². The molecule has 4 nitrogen and oxygen atoms in total. The Balaban J connectivity index is 1.70. The smallest absolute Gasteiger partial charge is 0.412 e. The van der Waals surface area contributed by atoms with Gasteiger partial charge in [0, 0.05) is 5.39 Å². The lowest BCUT2D eigenvalue weighted by atomic mass is 10.2. The van der Waals surface area contributed by atoms with Crippen molar-refractivity contribution in [1.29, 1.82) is 0 Å². The minimum Gasteiger partial charge on any atom is -0.444 e. The SMILES string of the molecule is O=C(Nc1cc2ccccc2nc1Cl)OCc1ccccc1. The number of ether oxygens (including phenoxy) is 1. The minimum atomic E-state index is -0.567. The van der Waals surface area contributed by atoms with Gasteiger partial charge in [-0.1, -0.05) is 60.1 Å². The van der Waals surface area contributed by atoms with Crippen molar-refractivity contribution in [3.8, 4) is 0 Å². The number of nitrogens with zero attached hydrogens (tertiary/aromatic N) is 1. The first kappa shape index (κ1) is 14.4. The number of carbonyl (C=O) groups excluding carboxylic acids is 1. The lowest BCUT2D eigenvalue weighted by Gasteiger charge is -2.09. The molecular formula is C17H13ClN2O2. The van der Waals surface area contributed by atoms with Crippen molar-refractivity contribution in [2.75, 3.05) is 5.32 Å². The molecule has 0 unspecified atom stereocenters. The number of pyridine rings is 1. The third-order valence-electron chi connectivity index (χ3n) is 3.13. The van der Waals surface area contributed by atoms with Crippen LogP contribution in [0.5, 0.6) is 0 Å². The van der Waals surface area contributed by atoms with Crippen LogP contribution in [-0.2, 0) is 11.3 Å². The summed E-state index contributed by atoms with van der Waals surface area (Å²) in [5, 5.41) is 3.74. The van der Waals surface area contributed by atoms with E-state index in [1.807, 2.05) is 54.6 Å². The van der Waals surface area contributed by atoms with Crippen LogP contribution in [0.1, 0.15) is 5.56 Å². The number of rotatable bonds is 3. The first-order valence-electron chi connectivity index (χ1n) is 6.75. The molecule has 0 fully saturated rings. The fourth-order valence-corrected chi connectivity index (χ4v) is 2.24. The maximum absolute atomic E-state index is 11.9. The summed E-state index contributed by atoms with van der Waals surface area (Å²) in [4.78, 5) is 16.1. The van der Waals surface area contributed by atoms with E-state index in [9.17, 15) is 4.79 Å². The Bertz CT molecular complexity index is 806. The molecule has 0 aliphatic carbocycles. The normalized spacial score (nSPS) is 10.4. The number of carbonyl (C=O) groups is 1. The predicted molar refractivity (Wildman–Crippen MR) is 87.0 cm³/mol. The zero-order chi connectivity index (χ0) is 15.4. The third kappa shape index (κ3) is 3.35. The van der Waals surface area contributed by atoms with Gasteiger partial charge in [0.2, 0.25) is 0 Å². The molecule has 0 aliphatic heterocycles. The second kappa shape index (κ2) is 6.45. The van der Waals surface area contributed by atoms with E-state index >= 15 is 0 Å². The molecule has 5 heteroatoms. The highest BCUT2D eigenvalue weighted by Gasteiger charge is 2.09. The molecule has 2 aromatic carbocycles. The summed E-state index contributed by atoms with van der Waals surface area (Å²) in [6, 6.07) is 18.8. The quantitative estimate of drug-likeness (QED) is 0.717. The summed E-state index contributed by atoms with van der Waals surface area (Å²) < 4.78 is 5.16. The molecule has 0 aliphatic rings. The molecule has 3 aromatic rings. The maximum Gasteiger partial charge on any atom is 0.412 e. The lowest BCUT2D eigenvalue weighted by molar-refractivity contribution is 0.155. The van der Waals surface area contributed by atoms with E-state index in [2.05, 4.69) is 10.3 Å². The summed E-state index contributed by atoms with van der Waals surface area (Å²) in [6.45, 7) is 0.200. The highest BCUT2D eigenvalue weighted by molar-refractivity contribution is 6.33. The number of anilines is 1. The largest absolute Gasteiger partial charge is 0.444 e. The van der Waals surface area contributed by atoms with E-state index in [0.717, 1.165) is 16.5 Å². The van der Waals surface area contributed by atoms with Crippen LogP contribution in [0.2, 0.25) is 5.15 Å². The Morgan fingerprint density at radius 3 is 2.64 bits per heavy atom. The summed E-state index contributed by atoms with van der Waals surface area (Å²) >= 11 is 6.08. The molecule has 0 saturated heterocycles. The summed E-state index contributed by atoms with van der Waals surface area (Å²) in [5.74, 6) is 0. The molecule has 110 valence electrons. The van der Waals surface area contributed by atoms with Gasteiger partial charge in [0.1, 0.15) is 6.61 Å². The molecule has 0 bridgehead atoms. The van der Waals surface area contributed by atoms with E-state index in [-0.39, 0.29) is 11.8 Å². The van der Waals surface area contributed by atoms with Crippen LogP contribution < -0.4 is 5.32 Å². The van der Waals surface area contributed by atoms with E-state index in [0.29, 0.717) is 5.69 Å². The standard InChI is InChI=1S/C17H13ClN2O2/c18-16-15(10-13-8-4-5-9-14(13)19-16)20-17(21)22-11-12-6-2-1-3-7-12/h1-10H,11H2,(H,20,21). The number of benzene rings is 2. The second-order valence-electron chi connectivity index (χ2n) is 4.71. The topological polar surface area (TPSA) is 51.2 Å². The molecule has 22 heavy (non-hydrogen) atoms. The summed E-state index contributed by atoms with van der Waals surface area (Å²) in [5.41, 5.74) is 2.12. The number of fused-ring (bicyclic) bond motifs is 1. The van der Waals surface area contributed by atoms with Gasteiger partial charge in [0.05, 0.1) is 11.2 Å². The molecule has 0 radical (unpaired) electrons. The molecule has 1 heterocycles. The van der Waals surface area contributed by atoms with E-state index in [1.54, 1.807) is 6.07 Å². The van der Waals surface area contributed by atoms with Crippen molar-refractivity contribution in [1.82, 2.24) is 4.98 Å². The van der Waals surface area contributed by atoms with Crippen molar-refractivity contribution >= 4 is 34.3 Å². The van der Waals surface area contributed by atoms with Crippen molar-refractivity contribution in [2.45, 2.75) is 6.61 Å². The molecule has 0 saturated carbocycles. The van der Waals surface area contributed by atoms with Gasteiger partial charge < -0.3 is 4.74 Å². The van der Waals surface area contributed by atoms with Gasteiger partial charge in [0.25, 0.3) is 0 Å². The Labute approximate surface area is 132 Å². The maximum atomic E-state index is 11.9. The van der Waals surface area contributed by atoms with E-state index in [4.69, 9.17) is 16.3 Å². The number of hydrogen-bond acceptors (Lipinski definition) is 3. The molecule has 1 aromatic heterocycles. The molecule has 1 amide bonds. The van der Waals surface area contributed by atoms with Gasteiger partial charge in [-0.05, 0) is 17.7 Å². The minimum absolute atomic E-state index is 0.200. The Morgan fingerprint density at radius 2 is 1.82 bits per heavy atom. The number of halogens is 1. The fourth-order valence-electron chi connectivity index (χ4n) is 2.05. The lowest BCUT2D eigenvalue weighted by Crippen LogP contribution is -2.14. The average Bonchev–Trinajstić information content (AvgIpc) is 2.55. The molecule has 1 N–H and O–H groups in total. The molecule has 0 atom stereocenters. The first-order valence-corrected chi connectivity index (χ1v) is 7.13. The zero-order valence-electron chi connectivity index (χ0n) is 11.6. The number of amides is 1. The average molecular weight is 313 g/mol. The van der Waals surface area contributed by atoms with E-state index < -0.39 is 6.09 Å². The Morgan fingerprint density at radius 1 is 1.09 bits per heavy atom. The van der Waals surface area contributed by atoms with Crippen LogP contribution in [0.15, 0.2) is 60.7 Å². The van der Waals surface area contributed by atoms with Gasteiger partial charge in [-0.25, -0.2) is 9.78 Å². The fraction of sp³-hybridized carbons (Fsp3) is 0.0588. The van der Waals surface area contributed by atoms with Gasteiger partial charge in [-0.2, -0.15) is 0 Å². The van der Waals surface area contributed by atoms with Crippen molar-refractivity contribution in [3.63, 3.8) is 0 Å². The van der Waals surface area contributed by atoms with Crippen LogP contribution in [0, 0.1) is 0 Å². The molecule has 0 spiro atoms. The number of para-hydroxylation sites is 1. The van der Waals surface area contributed by atoms with Gasteiger partial charge in [0.15, 0.2) is 5.15 Å². The Kier molecular flexibility index (Phi) is 4.21. The summed E-state index contributed by atoms with van der Waals surface area (Å²) in [6.07, 6.45) is -0.567. The second-order valence-corrected chi connectivity index (χ2v) is 5.06. The van der Waals surface area contributed by atoms with Gasteiger partial charge in [-0.3, -0.25) is 5.32 Å². The van der Waals surface area contributed by atoms with Crippen LogP contribution >= 0.6 is 11.6 Å². The van der Waals surface area contributed by atoms with Crippen molar-refractivity contribution in [2.24, 2.45) is 0 Å². The Hall–Kier alpha value is -2.59. The highest BCUT2D eigenvalue weighted by atomic mass is 35.5. The van der Waals surface area contributed by atoms with Gasteiger partial charge >= 0.3 is 6.09 Å². The third-order valence-corrected chi connectivity index (χ3v) is 3.42. The first-order chi connectivity index (χ1) is 10.7. The number of hydrogen-bond donors (Lipinski definition) is 1. The molecular weight excluding hydrogens is 300 g/mol. The number of aromatic nitrogens is 1. The van der Waals surface area contributed by atoms with Crippen LogP contribution in [-0.4, -0.2) is 11.1 Å². The van der Waals surface area contributed by atoms with Crippen molar-refractivity contribution in [3.05, 3.63) is 71.4 Å². The van der Waals surface area contributed by atoms with E-state index in [1.165, 1.54) is 0 Å². The monoisotopic (exact) mass is 312 g/mol. The number of nitrogens with one attached hydrogen (secondary N) is 1. The summed E-state index contributed by atoms with van der Waals surface area (Å²) in [7, 11) is 0. The highest BCUT2D eigenvalue weighted by Crippen LogP contribution is 2.24. The van der Waals surface area contributed by atoms with Gasteiger partial charge in [-0.15, -0.1) is 0 Å². The molecule has 3 rings (SSSR count).